The largest absolute Gasteiger partial charge is 0.472 e. The van der Waals surface area contributed by atoms with E-state index in [4.69, 9.17) is 18.5 Å². The second kappa shape index (κ2) is 58.1. The number of carbonyl (C=O) groups excluding carboxylic acids is 2. The molecule has 0 spiro atoms. The lowest BCUT2D eigenvalue weighted by molar-refractivity contribution is -0.870. The van der Waals surface area contributed by atoms with Crippen LogP contribution in [0.5, 0.6) is 0 Å². The molecule has 0 aliphatic heterocycles. The molecule has 0 fully saturated rings. The van der Waals surface area contributed by atoms with E-state index in [1.165, 1.54) is 96.3 Å². The number of allylic oxidation sites excluding steroid dienone is 20. The molecule has 2 unspecified atom stereocenters. The van der Waals surface area contributed by atoms with Gasteiger partial charge in [-0.1, -0.05) is 251 Å². The van der Waals surface area contributed by atoms with Gasteiger partial charge >= 0.3 is 19.8 Å². The van der Waals surface area contributed by atoms with Crippen molar-refractivity contribution in [3.05, 3.63) is 122 Å². The zero-order chi connectivity index (χ0) is 57.0. The molecule has 0 saturated carbocycles. The summed E-state index contributed by atoms with van der Waals surface area (Å²) >= 11 is 0. The predicted octanol–water partition coefficient (Wildman–Crippen LogP) is 19.9. The summed E-state index contributed by atoms with van der Waals surface area (Å²) in [7, 11) is 1.46. The smallest absolute Gasteiger partial charge is 0.462 e. The van der Waals surface area contributed by atoms with E-state index in [0.29, 0.717) is 17.4 Å². The summed E-state index contributed by atoms with van der Waals surface area (Å²) in [6, 6.07) is 0. The van der Waals surface area contributed by atoms with Crippen LogP contribution in [-0.4, -0.2) is 74.9 Å². The van der Waals surface area contributed by atoms with E-state index in [1.54, 1.807) is 0 Å². The number of likely N-dealkylation sites (N-methyl/N-ethyl adjacent to an activating group) is 1. The molecular weight excluding hydrogens is 990 g/mol. The minimum atomic E-state index is -4.39. The molecule has 0 aromatic rings. The number of nitrogens with zero attached hydrogens (tertiary/aromatic N) is 1. The molecule has 0 bridgehead atoms. The molecular formula is C68H117NO8P+. The van der Waals surface area contributed by atoms with Crippen LogP contribution in [0.15, 0.2) is 122 Å². The number of unbranched alkanes of at least 4 members (excludes halogenated alkanes) is 22. The van der Waals surface area contributed by atoms with E-state index in [-0.39, 0.29) is 32.0 Å². The highest BCUT2D eigenvalue weighted by Crippen LogP contribution is 2.43. The molecule has 9 nitrogen and oxygen atoms in total. The van der Waals surface area contributed by atoms with E-state index in [9.17, 15) is 19.0 Å². The second-order valence-corrected chi connectivity index (χ2v) is 23.1. The van der Waals surface area contributed by atoms with Gasteiger partial charge in [0.1, 0.15) is 19.8 Å². The number of carbonyl (C=O) groups is 2. The number of hydrogen-bond acceptors (Lipinski definition) is 7. The van der Waals surface area contributed by atoms with E-state index in [0.717, 1.165) is 116 Å². The number of ether oxygens (including phenoxy) is 2. The fraction of sp³-hybridized carbons (Fsp3) is 0.676. The van der Waals surface area contributed by atoms with Gasteiger partial charge in [-0.3, -0.25) is 18.6 Å². The first-order chi connectivity index (χ1) is 38.0. The Morgan fingerprint density at radius 3 is 1.03 bits per heavy atom. The second-order valence-electron chi connectivity index (χ2n) is 21.7. The molecule has 0 heterocycles. The summed E-state index contributed by atoms with van der Waals surface area (Å²) in [6.07, 6.45) is 82.8. The van der Waals surface area contributed by atoms with E-state index >= 15 is 0 Å². The van der Waals surface area contributed by atoms with Crippen LogP contribution >= 0.6 is 7.82 Å². The maximum absolute atomic E-state index is 12.8. The van der Waals surface area contributed by atoms with Crippen LogP contribution in [0.25, 0.3) is 0 Å². The van der Waals surface area contributed by atoms with Gasteiger partial charge in [0.2, 0.25) is 0 Å². The van der Waals surface area contributed by atoms with Crippen LogP contribution in [0.3, 0.4) is 0 Å². The van der Waals surface area contributed by atoms with Crippen LogP contribution < -0.4 is 0 Å². The van der Waals surface area contributed by atoms with E-state index < -0.39 is 26.5 Å². The molecule has 0 aromatic carbocycles. The van der Waals surface area contributed by atoms with Crippen LogP contribution in [0.1, 0.15) is 245 Å². The van der Waals surface area contributed by atoms with Crippen molar-refractivity contribution in [3.63, 3.8) is 0 Å². The highest BCUT2D eigenvalue weighted by molar-refractivity contribution is 7.47. The highest BCUT2D eigenvalue weighted by Gasteiger charge is 2.27. The molecule has 0 aliphatic carbocycles. The van der Waals surface area contributed by atoms with Crippen molar-refractivity contribution in [2.45, 2.75) is 251 Å². The quantitative estimate of drug-likeness (QED) is 0.0211. The maximum atomic E-state index is 12.8. The van der Waals surface area contributed by atoms with Gasteiger partial charge in [-0.2, -0.15) is 0 Å². The number of phosphoric ester groups is 1. The zero-order valence-corrected chi connectivity index (χ0v) is 51.5. The van der Waals surface area contributed by atoms with Crippen molar-refractivity contribution < 1.29 is 42.1 Å². The number of esters is 2. The first kappa shape index (κ1) is 74.4. The van der Waals surface area contributed by atoms with Crippen molar-refractivity contribution >= 4 is 19.8 Å². The van der Waals surface area contributed by atoms with Crippen molar-refractivity contribution in [2.75, 3.05) is 47.5 Å². The molecule has 446 valence electrons. The van der Waals surface area contributed by atoms with Crippen molar-refractivity contribution in [1.29, 1.82) is 0 Å². The molecule has 0 rings (SSSR count). The summed E-state index contributed by atoms with van der Waals surface area (Å²) in [4.78, 5) is 35.7. The normalized spacial score (nSPS) is 14.1. The molecule has 0 saturated heterocycles. The Balaban J connectivity index is 4.06. The molecule has 0 aromatic heterocycles. The number of phosphoric acid groups is 1. The van der Waals surface area contributed by atoms with Gasteiger partial charge in [-0.25, -0.2) is 4.57 Å². The molecule has 0 radical (unpaired) electrons. The summed E-state index contributed by atoms with van der Waals surface area (Å²) in [5.41, 5.74) is 0. The van der Waals surface area contributed by atoms with Crippen molar-refractivity contribution in [2.24, 2.45) is 0 Å². The van der Waals surface area contributed by atoms with Gasteiger partial charge in [-0.05, 0) is 103 Å². The highest BCUT2D eigenvalue weighted by atomic mass is 31.2. The van der Waals surface area contributed by atoms with Crippen LogP contribution in [0, 0.1) is 0 Å². The van der Waals surface area contributed by atoms with Crippen molar-refractivity contribution in [1.82, 2.24) is 0 Å². The Labute approximate surface area is 479 Å². The van der Waals surface area contributed by atoms with Crippen LogP contribution in [0.4, 0.5) is 0 Å². The Kier molecular flexibility index (Phi) is 55.4. The van der Waals surface area contributed by atoms with Crippen LogP contribution in [0.2, 0.25) is 0 Å². The topological polar surface area (TPSA) is 108 Å². The Hall–Kier alpha value is -3.59. The number of hydrogen-bond donors (Lipinski definition) is 1. The fourth-order valence-corrected chi connectivity index (χ4v) is 8.99. The predicted molar refractivity (Wildman–Crippen MR) is 334 cm³/mol. The minimum Gasteiger partial charge on any atom is -0.462 e. The third-order valence-electron chi connectivity index (χ3n) is 13.0. The van der Waals surface area contributed by atoms with E-state index in [1.807, 2.05) is 21.1 Å². The SMILES string of the molecule is CC/C=C\C/C=C\C/C=C\C/C=C\C/C=C\C/C=C\C/C=C\CCCCCCCCCCCCCCCCCC(=O)OC(COC(=O)CCCCCCCCC/C=C\C/C=C\C/C=C\CC)COP(=O)(O)OCC[N+](C)(C)C. The molecule has 2 atom stereocenters. The van der Waals surface area contributed by atoms with Crippen molar-refractivity contribution in [3.8, 4) is 0 Å². The first-order valence-electron chi connectivity index (χ1n) is 31.3. The minimum absolute atomic E-state index is 0.0253. The summed E-state index contributed by atoms with van der Waals surface area (Å²) in [5.74, 6) is -0.811. The van der Waals surface area contributed by atoms with Crippen LogP contribution in [-0.2, 0) is 32.7 Å². The standard InChI is InChI=1S/C68H116NO8P/c1-6-8-10-12-14-16-18-20-22-24-25-26-27-28-29-30-31-32-33-34-35-36-37-38-39-40-41-42-43-45-47-49-51-53-55-57-59-61-68(71)77-66(65-76-78(72,73)75-63-62-69(3,4)5)64-74-67(70)60-58-56-54-52-50-48-46-44-23-21-19-17-15-13-11-9-7-2/h8-11,14-17,20-23,25-26,28-29,31-32,34-35,66H,6-7,12-13,18-19,24,27,30,33,36-65H2,1-5H3/p+1/b10-8-,11-9-,16-14-,17-15-,22-20-,23-21-,26-25-,29-28-,32-31-,35-34-. The lowest BCUT2D eigenvalue weighted by Gasteiger charge is -2.24. The Morgan fingerprint density at radius 2 is 0.692 bits per heavy atom. The molecule has 1 N–H and O–H groups in total. The molecule has 0 amide bonds. The maximum Gasteiger partial charge on any atom is 0.472 e. The fourth-order valence-electron chi connectivity index (χ4n) is 8.25. The molecule has 0 aliphatic rings. The number of rotatable bonds is 56. The summed E-state index contributed by atoms with van der Waals surface area (Å²) in [6.45, 7) is 4.20. The Bertz CT molecular complexity index is 1730. The van der Waals surface area contributed by atoms with Gasteiger partial charge in [-0.15, -0.1) is 0 Å². The van der Waals surface area contributed by atoms with Gasteiger partial charge < -0.3 is 18.9 Å². The molecule has 78 heavy (non-hydrogen) atoms. The lowest BCUT2D eigenvalue weighted by Crippen LogP contribution is -2.37. The third-order valence-corrected chi connectivity index (χ3v) is 14.0. The van der Waals surface area contributed by atoms with Gasteiger partial charge in [0.05, 0.1) is 27.7 Å². The summed E-state index contributed by atoms with van der Waals surface area (Å²) in [5, 5.41) is 0. The number of quaternary nitrogens is 1. The average molecular weight is 1110 g/mol. The van der Waals surface area contributed by atoms with Gasteiger partial charge in [0.15, 0.2) is 6.10 Å². The average Bonchev–Trinajstić information content (AvgIpc) is 3.41. The van der Waals surface area contributed by atoms with Gasteiger partial charge in [0.25, 0.3) is 0 Å². The zero-order valence-electron chi connectivity index (χ0n) is 50.6. The van der Waals surface area contributed by atoms with E-state index in [2.05, 4.69) is 135 Å². The molecule has 10 heteroatoms. The summed E-state index contributed by atoms with van der Waals surface area (Å²) < 4.78 is 34.6. The van der Waals surface area contributed by atoms with Gasteiger partial charge in [0, 0.05) is 12.8 Å². The third kappa shape index (κ3) is 61.6. The lowest BCUT2D eigenvalue weighted by atomic mass is 10.0. The first-order valence-corrected chi connectivity index (χ1v) is 32.8. The monoisotopic (exact) mass is 1110 g/mol. The Morgan fingerprint density at radius 1 is 0.397 bits per heavy atom.